The van der Waals surface area contributed by atoms with Gasteiger partial charge in [-0.05, 0) is 30.7 Å². The Labute approximate surface area is 122 Å². The lowest BCUT2D eigenvalue weighted by Gasteiger charge is -2.09. The second-order valence-corrected chi connectivity index (χ2v) is 4.94. The molecule has 1 aromatic heterocycles. The highest BCUT2D eigenvalue weighted by Crippen LogP contribution is 2.39. The van der Waals surface area contributed by atoms with Crippen LogP contribution in [0.25, 0.3) is 11.1 Å². The van der Waals surface area contributed by atoms with E-state index in [4.69, 9.17) is 4.74 Å². The number of benzene rings is 1. The molecule has 0 amide bonds. The molecule has 0 atom stereocenters. The van der Waals surface area contributed by atoms with E-state index in [2.05, 4.69) is 21.0 Å². The maximum absolute atomic E-state index is 13.0. The van der Waals surface area contributed by atoms with E-state index in [-0.39, 0.29) is 5.56 Å². The SMILES string of the molecule is CCn1cc(-c2ccc(OC)cc2Br)c(C(F)(F)F)n1. The Kier molecular flexibility index (Phi) is 4.08. The number of hydrogen-bond donors (Lipinski definition) is 0. The molecular weight excluding hydrogens is 337 g/mol. The van der Waals surface area contributed by atoms with Crippen molar-refractivity contribution in [3.8, 4) is 16.9 Å². The minimum Gasteiger partial charge on any atom is -0.497 e. The molecule has 0 saturated carbocycles. The van der Waals surface area contributed by atoms with Crippen LogP contribution in [-0.2, 0) is 12.7 Å². The van der Waals surface area contributed by atoms with Gasteiger partial charge in [0.05, 0.1) is 7.11 Å². The summed E-state index contributed by atoms with van der Waals surface area (Å²) in [5.41, 5.74) is -0.406. The van der Waals surface area contributed by atoms with Crippen LogP contribution in [0.3, 0.4) is 0 Å². The maximum atomic E-state index is 13.0. The van der Waals surface area contributed by atoms with Gasteiger partial charge in [0.2, 0.25) is 0 Å². The van der Waals surface area contributed by atoms with Crippen molar-refractivity contribution in [2.24, 2.45) is 0 Å². The quantitative estimate of drug-likeness (QED) is 0.823. The van der Waals surface area contributed by atoms with Crippen molar-refractivity contribution >= 4 is 15.9 Å². The second kappa shape index (κ2) is 5.47. The first kappa shape index (κ1) is 14.9. The van der Waals surface area contributed by atoms with Crippen LogP contribution in [0.1, 0.15) is 12.6 Å². The van der Waals surface area contributed by atoms with E-state index in [0.717, 1.165) is 0 Å². The molecule has 3 nitrogen and oxygen atoms in total. The Morgan fingerprint density at radius 3 is 2.50 bits per heavy atom. The van der Waals surface area contributed by atoms with Crippen LogP contribution in [-0.4, -0.2) is 16.9 Å². The molecule has 2 rings (SSSR count). The fraction of sp³-hybridized carbons (Fsp3) is 0.308. The molecule has 0 unspecified atom stereocenters. The van der Waals surface area contributed by atoms with Gasteiger partial charge in [-0.15, -0.1) is 0 Å². The first-order valence-electron chi connectivity index (χ1n) is 5.85. The molecule has 0 radical (unpaired) electrons. The summed E-state index contributed by atoms with van der Waals surface area (Å²) in [6, 6.07) is 4.82. The lowest BCUT2D eigenvalue weighted by atomic mass is 10.1. The van der Waals surface area contributed by atoms with Crippen LogP contribution >= 0.6 is 15.9 Å². The van der Waals surface area contributed by atoms with Gasteiger partial charge in [0.15, 0.2) is 5.69 Å². The highest BCUT2D eigenvalue weighted by Gasteiger charge is 2.37. The third-order valence-corrected chi connectivity index (χ3v) is 3.48. The molecule has 1 heterocycles. The molecule has 7 heteroatoms. The fourth-order valence-corrected chi connectivity index (χ4v) is 2.40. The average Bonchev–Trinajstić information content (AvgIpc) is 2.82. The zero-order chi connectivity index (χ0) is 14.9. The van der Waals surface area contributed by atoms with Gasteiger partial charge in [0.25, 0.3) is 0 Å². The van der Waals surface area contributed by atoms with Crippen LogP contribution in [0.2, 0.25) is 0 Å². The first-order chi connectivity index (χ1) is 9.36. The van der Waals surface area contributed by atoms with Gasteiger partial charge in [-0.1, -0.05) is 15.9 Å². The summed E-state index contributed by atoms with van der Waals surface area (Å²) in [6.07, 6.45) is -3.09. The van der Waals surface area contributed by atoms with Gasteiger partial charge < -0.3 is 4.74 Å². The maximum Gasteiger partial charge on any atom is 0.435 e. The number of nitrogens with zero attached hydrogens (tertiary/aromatic N) is 2. The molecule has 0 fully saturated rings. The number of aromatic nitrogens is 2. The third-order valence-electron chi connectivity index (χ3n) is 2.82. The second-order valence-electron chi connectivity index (χ2n) is 4.09. The van der Waals surface area contributed by atoms with Crippen molar-refractivity contribution in [3.05, 3.63) is 34.6 Å². The van der Waals surface area contributed by atoms with Gasteiger partial charge in [0.1, 0.15) is 5.75 Å². The highest BCUT2D eigenvalue weighted by molar-refractivity contribution is 9.10. The number of alkyl halides is 3. The predicted octanol–water partition coefficient (Wildman–Crippen LogP) is 4.36. The number of rotatable bonds is 3. The molecule has 0 spiro atoms. The summed E-state index contributed by atoms with van der Waals surface area (Å²) in [7, 11) is 1.50. The van der Waals surface area contributed by atoms with E-state index in [1.54, 1.807) is 25.1 Å². The van der Waals surface area contributed by atoms with E-state index < -0.39 is 11.9 Å². The summed E-state index contributed by atoms with van der Waals surface area (Å²) in [6.45, 7) is 2.11. The van der Waals surface area contributed by atoms with Gasteiger partial charge in [-0.3, -0.25) is 4.68 Å². The smallest absolute Gasteiger partial charge is 0.435 e. The number of hydrogen-bond acceptors (Lipinski definition) is 2. The molecule has 108 valence electrons. The standard InChI is InChI=1S/C13H12BrF3N2O/c1-3-19-7-10(12(18-19)13(15,16)17)9-5-4-8(20-2)6-11(9)14/h4-7H,3H2,1-2H3. The van der Waals surface area contributed by atoms with Gasteiger partial charge in [-0.25, -0.2) is 0 Å². The topological polar surface area (TPSA) is 27.1 Å². The Morgan fingerprint density at radius 2 is 2.00 bits per heavy atom. The zero-order valence-corrected chi connectivity index (χ0v) is 12.4. The highest BCUT2D eigenvalue weighted by atomic mass is 79.9. The average molecular weight is 349 g/mol. The van der Waals surface area contributed by atoms with Crippen molar-refractivity contribution in [1.29, 1.82) is 0 Å². The van der Waals surface area contributed by atoms with Crippen molar-refractivity contribution in [1.82, 2.24) is 9.78 Å². The monoisotopic (exact) mass is 348 g/mol. The molecule has 0 N–H and O–H groups in total. The lowest BCUT2D eigenvalue weighted by molar-refractivity contribution is -0.141. The van der Waals surface area contributed by atoms with Crippen molar-refractivity contribution < 1.29 is 17.9 Å². The van der Waals surface area contributed by atoms with Gasteiger partial charge in [0, 0.05) is 22.8 Å². The predicted molar refractivity (Wildman–Crippen MR) is 72.6 cm³/mol. The Balaban J connectivity index is 2.60. The number of halogens is 4. The third kappa shape index (κ3) is 2.82. The number of methoxy groups -OCH3 is 1. The summed E-state index contributed by atoms with van der Waals surface area (Å²) >= 11 is 3.27. The van der Waals surface area contributed by atoms with E-state index in [0.29, 0.717) is 22.3 Å². The Morgan fingerprint density at radius 1 is 1.30 bits per heavy atom. The van der Waals surface area contributed by atoms with Crippen LogP contribution < -0.4 is 4.74 Å². The Hall–Kier alpha value is -1.50. The van der Waals surface area contributed by atoms with Crippen LogP contribution in [0.4, 0.5) is 13.2 Å². The first-order valence-corrected chi connectivity index (χ1v) is 6.64. The summed E-state index contributed by atoms with van der Waals surface area (Å²) in [5.74, 6) is 0.567. The molecule has 2 aromatic rings. The lowest BCUT2D eigenvalue weighted by Crippen LogP contribution is -2.08. The van der Waals surface area contributed by atoms with Crippen LogP contribution in [0.15, 0.2) is 28.9 Å². The zero-order valence-electron chi connectivity index (χ0n) is 10.8. The molecule has 1 aromatic carbocycles. The molecule has 0 bridgehead atoms. The number of aryl methyl sites for hydroxylation is 1. The summed E-state index contributed by atoms with van der Waals surface area (Å²) in [5, 5.41) is 3.60. The van der Waals surface area contributed by atoms with Crippen LogP contribution in [0.5, 0.6) is 5.75 Å². The summed E-state index contributed by atoms with van der Waals surface area (Å²) < 4.78 is 46.0. The summed E-state index contributed by atoms with van der Waals surface area (Å²) in [4.78, 5) is 0. The van der Waals surface area contributed by atoms with Gasteiger partial charge in [-0.2, -0.15) is 18.3 Å². The minimum atomic E-state index is -4.49. The van der Waals surface area contributed by atoms with E-state index in [1.165, 1.54) is 18.0 Å². The van der Waals surface area contributed by atoms with Crippen molar-refractivity contribution in [3.63, 3.8) is 0 Å². The Bertz CT molecular complexity index is 623. The van der Waals surface area contributed by atoms with E-state index in [1.807, 2.05) is 0 Å². The van der Waals surface area contributed by atoms with E-state index in [9.17, 15) is 13.2 Å². The fourth-order valence-electron chi connectivity index (χ4n) is 1.83. The molecular formula is C13H12BrF3N2O. The minimum absolute atomic E-state index is 0.0499. The number of ether oxygens (including phenoxy) is 1. The van der Waals surface area contributed by atoms with Crippen molar-refractivity contribution in [2.75, 3.05) is 7.11 Å². The molecule has 0 aliphatic carbocycles. The molecule has 0 aliphatic heterocycles. The van der Waals surface area contributed by atoms with Crippen LogP contribution in [0, 0.1) is 0 Å². The molecule has 0 aliphatic rings. The van der Waals surface area contributed by atoms with E-state index >= 15 is 0 Å². The van der Waals surface area contributed by atoms with Gasteiger partial charge >= 0.3 is 6.18 Å². The largest absolute Gasteiger partial charge is 0.497 e. The molecule has 20 heavy (non-hydrogen) atoms. The van der Waals surface area contributed by atoms with Crippen molar-refractivity contribution in [2.45, 2.75) is 19.6 Å². The normalized spacial score (nSPS) is 11.7. The molecule has 0 saturated heterocycles.